The number of ketones is 1. The van der Waals surface area contributed by atoms with E-state index in [1.807, 2.05) is 4.90 Å². The van der Waals surface area contributed by atoms with Crippen molar-refractivity contribution in [3.63, 3.8) is 0 Å². The third-order valence-electron chi connectivity index (χ3n) is 3.58. The number of hydrogen-bond acceptors (Lipinski definition) is 3. The van der Waals surface area contributed by atoms with Crippen LogP contribution in [0, 0.1) is 0 Å². The van der Waals surface area contributed by atoms with Crippen LogP contribution < -0.4 is 5.32 Å². The van der Waals surface area contributed by atoms with Gasteiger partial charge in [-0.2, -0.15) is 0 Å². The number of nitrogens with one attached hydrogen (secondary N) is 1. The number of amides is 1. The fourth-order valence-electron chi connectivity index (χ4n) is 2.19. The van der Waals surface area contributed by atoms with Crippen LogP contribution in [0.1, 0.15) is 24.2 Å². The van der Waals surface area contributed by atoms with Crippen molar-refractivity contribution in [2.75, 3.05) is 19.6 Å². The Morgan fingerprint density at radius 3 is 2.80 bits per heavy atom. The molecule has 0 atom stereocenters. The fraction of sp³-hybridized carbons (Fsp3) is 0.429. The van der Waals surface area contributed by atoms with E-state index in [0.29, 0.717) is 28.7 Å². The summed E-state index contributed by atoms with van der Waals surface area (Å²) in [5.74, 6) is -0.214. The van der Waals surface area contributed by atoms with Crippen LogP contribution in [0.15, 0.2) is 18.2 Å². The summed E-state index contributed by atoms with van der Waals surface area (Å²) >= 11 is 11.9. The summed E-state index contributed by atoms with van der Waals surface area (Å²) in [4.78, 5) is 26.1. The van der Waals surface area contributed by atoms with E-state index < -0.39 is 5.54 Å². The Morgan fingerprint density at radius 1 is 1.40 bits per heavy atom. The van der Waals surface area contributed by atoms with Gasteiger partial charge in [-0.15, -0.1) is 0 Å². The lowest BCUT2D eigenvalue weighted by molar-refractivity contribution is -0.134. The maximum absolute atomic E-state index is 12.4. The van der Waals surface area contributed by atoms with E-state index in [1.54, 1.807) is 32.0 Å². The average Bonchev–Trinajstić information content (AvgIpc) is 2.38. The molecule has 1 fully saturated rings. The summed E-state index contributed by atoms with van der Waals surface area (Å²) in [6.45, 7) is 4.91. The van der Waals surface area contributed by atoms with Crippen molar-refractivity contribution in [1.82, 2.24) is 10.2 Å². The van der Waals surface area contributed by atoms with Crippen LogP contribution in [0.25, 0.3) is 0 Å². The van der Waals surface area contributed by atoms with Gasteiger partial charge in [0.25, 0.3) is 0 Å². The summed E-state index contributed by atoms with van der Waals surface area (Å²) in [7, 11) is 0. The van der Waals surface area contributed by atoms with Crippen LogP contribution in [0.4, 0.5) is 0 Å². The van der Waals surface area contributed by atoms with Gasteiger partial charge in [-0.1, -0.05) is 23.2 Å². The summed E-state index contributed by atoms with van der Waals surface area (Å²) in [6.07, 6.45) is 0. The molecule has 1 aromatic carbocycles. The number of piperazine rings is 1. The minimum atomic E-state index is -0.709. The molecule has 1 heterocycles. The van der Waals surface area contributed by atoms with E-state index in [0.717, 1.165) is 0 Å². The quantitative estimate of drug-likeness (QED) is 0.871. The van der Waals surface area contributed by atoms with Crippen molar-refractivity contribution < 1.29 is 9.59 Å². The molecule has 1 aromatic rings. The van der Waals surface area contributed by atoms with Gasteiger partial charge in [0.05, 0.1) is 17.1 Å². The monoisotopic (exact) mass is 314 g/mol. The molecule has 0 saturated carbocycles. The van der Waals surface area contributed by atoms with E-state index in [4.69, 9.17) is 23.2 Å². The fourth-order valence-corrected chi connectivity index (χ4v) is 2.59. The van der Waals surface area contributed by atoms with Gasteiger partial charge >= 0.3 is 0 Å². The van der Waals surface area contributed by atoms with Crippen molar-refractivity contribution in [2.45, 2.75) is 19.4 Å². The van der Waals surface area contributed by atoms with E-state index >= 15 is 0 Å². The highest BCUT2D eigenvalue weighted by Gasteiger charge is 2.38. The molecular weight excluding hydrogens is 299 g/mol. The van der Waals surface area contributed by atoms with E-state index in [-0.39, 0.29) is 18.2 Å². The second kappa shape index (κ2) is 5.72. The van der Waals surface area contributed by atoms with Gasteiger partial charge in [-0.3, -0.25) is 14.5 Å². The van der Waals surface area contributed by atoms with Crippen LogP contribution in [-0.2, 0) is 4.79 Å². The maximum Gasteiger partial charge on any atom is 0.240 e. The molecule has 1 aliphatic rings. The first-order chi connectivity index (χ1) is 9.32. The third kappa shape index (κ3) is 2.97. The van der Waals surface area contributed by atoms with Crippen LogP contribution in [0.2, 0.25) is 10.0 Å². The normalized spacial score (nSPS) is 18.7. The molecule has 0 radical (unpaired) electrons. The Balaban J connectivity index is 2.19. The Morgan fingerprint density at radius 2 is 2.10 bits per heavy atom. The largest absolute Gasteiger partial charge is 0.353 e. The van der Waals surface area contributed by atoms with Crippen LogP contribution >= 0.6 is 23.2 Å². The van der Waals surface area contributed by atoms with Crippen molar-refractivity contribution in [3.05, 3.63) is 33.8 Å². The van der Waals surface area contributed by atoms with Gasteiger partial charge < -0.3 is 5.32 Å². The van der Waals surface area contributed by atoms with Crippen molar-refractivity contribution >= 4 is 34.9 Å². The van der Waals surface area contributed by atoms with Gasteiger partial charge in [0, 0.05) is 23.7 Å². The van der Waals surface area contributed by atoms with E-state index in [1.165, 1.54) is 0 Å². The van der Waals surface area contributed by atoms with Gasteiger partial charge in [0.15, 0.2) is 5.78 Å². The van der Waals surface area contributed by atoms with Gasteiger partial charge in [0.1, 0.15) is 0 Å². The molecule has 108 valence electrons. The lowest BCUT2D eigenvalue weighted by Crippen LogP contribution is -2.62. The van der Waals surface area contributed by atoms with Gasteiger partial charge in [-0.25, -0.2) is 0 Å². The predicted octanol–water partition coefficient (Wildman–Crippen LogP) is 2.39. The van der Waals surface area contributed by atoms with Crippen LogP contribution in [0.3, 0.4) is 0 Å². The maximum atomic E-state index is 12.4. The predicted molar refractivity (Wildman–Crippen MR) is 79.5 cm³/mol. The van der Waals surface area contributed by atoms with Gasteiger partial charge in [-0.05, 0) is 32.0 Å². The number of rotatable bonds is 3. The van der Waals surface area contributed by atoms with Crippen molar-refractivity contribution in [1.29, 1.82) is 0 Å². The molecule has 0 bridgehead atoms. The molecule has 20 heavy (non-hydrogen) atoms. The summed E-state index contributed by atoms with van der Waals surface area (Å²) in [5, 5.41) is 3.64. The molecule has 4 nitrogen and oxygen atoms in total. The van der Waals surface area contributed by atoms with Gasteiger partial charge in [0.2, 0.25) is 5.91 Å². The zero-order valence-electron chi connectivity index (χ0n) is 11.4. The Hall–Kier alpha value is -1.10. The zero-order valence-corrected chi connectivity index (χ0v) is 12.9. The Bertz CT molecular complexity index is 558. The minimum Gasteiger partial charge on any atom is -0.353 e. The first kappa shape index (κ1) is 15.3. The highest BCUT2D eigenvalue weighted by Crippen LogP contribution is 2.23. The second-order valence-electron chi connectivity index (χ2n) is 5.28. The number of Topliss-reactive ketones (excluding diaryl/α,β-unsaturated/α-hetero) is 1. The molecule has 1 N–H and O–H groups in total. The molecule has 0 aromatic heterocycles. The average molecular weight is 315 g/mol. The molecule has 1 aliphatic heterocycles. The molecule has 2 rings (SSSR count). The van der Waals surface area contributed by atoms with Crippen LogP contribution in [-0.4, -0.2) is 41.8 Å². The molecular formula is C14H16Cl2N2O2. The van der Waals surface area contributed by atoms with E-state index in [2.05, 4.69) is 5.32 Å². The first-order valence-corrected chi connectivity index (χ1v) is 7.09. The molecule has 1 saturated heterocycles. The third-order valence-corrected chi connectivity index (χ3v) is 4.14. The number of halogens is 2. The lowest BCUT2D eigenvalue weighted by atomic mass is 9.97. The molecule has 0 spiro atoms. The molecule has 1 amide bonds. The van der Waals surface area contributed by atoms with Crippen molar-refractivity contribution in [2.24, 2.45) is 0 Å². The number of nitrogens with zero attached hydrogens (tertiary/aromatic N) is 1. The zero-order chi connectivity index (χ0) is 14.9. The molecule has 0 unspecified atom stereocenters. The van der Waals surface area contributed by atoms with Crippen molar-refractivity contribution in [3.8, 4) is 0 Å². The smallest absolute Gasteiger partial charge is 0.240 e. The lowest BCUT2D eigenvalue weighted by Gasteiger charge is -2.40. The second-order valence-corrected chi connectivity index (χ2v) is 6.13. The Labute approximate surface area is 128 Å². The number of hydrogen-bond donors (Lipinski definition) is 1. The van der Waals surface area contributed by atoms with E-state index in [9.17, 15) is 9.59 Å². The number of carbonyl (C=O) groups is 2. The summed E-state index contributed by atoms with van der Waals surface area (Å²) < 4.78 is 0. The highest BCUT2D eigenvalue weighted by molar-refractivity contribution is 6.36. The minimum absolute atomic E-state index is 0.0752. The first-order valence-electron chi connectivity index (χ1n) is 6.34. The molecule has 0 aliphatic carbocycles. The SMILES string of the molecule is CC1(C)C(=O)NCCN1CC(=O)c1cc(Cl)ccc1Cl. The Kier molecular flexibility index (Phi) is 4.37. The topological polar surface area (TPSA) is 49.4 Å². The summed E-state index contributed by atoms with van der Waals surface area (Å²) in [6, 6.07) is 4.80. The highest BCUT2D eigenvalue weighted by atomic mass is 35.5. The summed E-state index contributed by atoms with van der Waals surface area (Å²) in [5.41, 5.74) is -0.320. The number of carbonyl (C=O) groups excluding carboxylic acids is 2. The standard InChI is InChI=1S/C14H16Cl2N2O2/c1-14(2)13(20)17-5-6-18(14)8-12(19)10-7-9(15)3-4-11(10)16/h3-4,7H,5-6,8H2,1-2H3,(H,17,20). The van der Waals surface area contributed by atoms with Crippen LogP contribution in [0.5, 0.6) is 0 Å². The number of benzene rings is 1. The molecule has 6 heteroatoms.